The highest BCUT2D eigenvalue weighted by atomic mass is 32.2. The van der Waals surface area contributed by atoms with Crippen LogP contribution in [0.3, 0.4) is 0 Å². The Bertz CT molecular complexity index is 639. The minimum atomic E-state index is -3.57. The summed E-state index contributed by atoms with van der Waals surface area (Å²) in [7, 11) is -0.316. The van der Waals surface area contributed by atoms with Gasteiger partial charge in [-0.15, -0.1) is 0 Å². The van der Waals surface area contributed by atoms with Crippen molar-refractivity contribution in [1.82, 2.24) is 10.0 Å². The molecule has 1 aromatic carbocycles. The number of hydrogen-bond donors (Lipinski definition) is 2. The summed E-state index contributed by atoms with van der Waals surface area (Å²) in [6.07, 6.45) is 1.79. The third-order valence-corrected chi connectivity index (χ3v) is 6.08. The molecule has 0 aromatic heterocycles. The maximum atomic E-state index is 12.7. The van der Waals surface area contributed by atoms with Crippen molar-refractivity contribution in [2.24, 2.45) is 5.41 Å². The second-order valence-electron chi connectivity index (χ2n) is 6.60. The molecular formula is C17H28N2O4S. The van der Waals surface area contributed by atoms with Crippen molar-refractivity contribution in [3.05, 3.63) is 23.3 Å². The zero-order valence-corrected chi connectivity index (χ0v) is 15.8. The number of nitrogens with one attached hydrogen (secondary N) is 2. The monoisotopic (exact) mass is 356 g/mol. The summed E-state index contributed by atoms with van der Waals surface area (Å²) in [5.41, 5.74) is 1.47. The van der Waals surface area contributed by atoms with E-state index in [-0.39, 0.29) is 10.3 Å². The number of ether oxygens (including phenoxy) is 2. The third-order valence-electron chi connectivity index (χ3n) is 4.70. The molecule has 0 saturated carbocycles. The summed E-state index contributed by atoms with van der Waals surface area (Å²) < 4.78 is 38.9. The van der Waals surface area contributed by atoms with E-state index in [9.17, 15) is 8.42 Å². The lowest BCUT2D eigenvalue weighted by atomic mass is 9.80. The lowest BCUT2D eigenvalue weighted by Crippen LogP contribution is -2.47. The Morgan fingerprint density at radius 2 is 1.75 bits per heavy atom. The van der Waals surface area contributed by atoms with E-state index < -0.39 is 10.0 Å². The summed E-state index contributed by atoms with van der Waals surface area (Å²) in [5.74, 6) is 0.725. The fraction of sp³-hybridized carbons (Fsp3) is 0.647. The molecule has 6 nitrogen and oxygen atoms in total. The van der Waals surface area contributed by atoms with Gasteiger partial charge in [-0.3, -0.25) is 0 Å². The topological polar surface area (TPSA) is 76.7 Å². The Labute approximate surface area is 145 Å². The highest BCUT2D eigenvalue weighted by Crippen LogP contribution is 2.30. The number of rotatable bonds is 7. The van der Waals surface area contributed by atoms with E-state index in [1.807, 2.05) is 13.8 Å². The molecule has 2 rings (SSSR count). The van der Waals surface area contributed by atoms with Gasteiger partial charge in [0.05, 0.1) is 18.6 Å². The highest BCUT2D eigenvalue weighted by molar-refractivity contribution is 7.89. The van der Waals surface area contributed by atoms with Gasteiger partial charge in [-0.1, -0.05) is 0 Å². The van der Waals surface area contributed by atoms with Gasteiger partial charge in [0.25, 0.3) is 0 Å². The molecule has 0 aliphatic carbocycles. The molecule has 1 saturated heterocycles. The van der Waals surface area contributed by atoms with Gasteiger partial charge in [-0.25, -0.2) is 13.1 Å². The Morgan fingerprint density at radius 3 is 2.25 bits per heavy atom. The first-order valence-corrected chi connectivity index (χ1v) is 9.66. The number of aryl methyl sites for hydroxylation is 2. The summed E-state index contributed by atoms with van der Waals surface area (Å²) in [6.45, 7) is 6.40. The zero-order chi connectivity index (χ0) is 17.8. The Morgan fingerprint density at radius 1 is 1.17 bits per heavy atom. The van der Waals surface area contributed by atoms with Crippen LogP contribution >= 0.6 is 0 Å². The largest absolute Gasteiger partial charge is 0.496 e. The lowest BCUT2D eigenvalue weighted by Gasteiger charge is -2.37. The van der Waals surface area contributed by atoms with E-state index >= 15 is 0 Å². The molecule has 24 heavy (non-hydrogen) atoms. The van der Waals surface area contributed by atoms with Crippen molar-refractivity contribution >= 4 is 10.0 Å². The van der Waals surface area contributed by atoms with Gasteiger partial charge < -0.3 is 14.8 Å². The third kappa shape index (κ3) is 4.27. The SMILES string of the molecule is COCC1(CNS(=O)(=O)c2cc(C)c(OC)c(C)c2)CCNCC1. The van der Waals surface area contributed by atoms with E-state index in [0.717, 1.165) is 42.8 Å². The highest BCUT2D eigenvalue weighted by Gasteiger charge is 2.33. The van der Waals surface area contributed by atoms with Gasteiger partial charge in [-0.05, 0) is 63.0 Å². The van der Waals surface area contributed by atoms with Crippen molar-refractivity contribution < 1.29 is 17.9 Å². The fourth-order valence-corrected chi connectivity index (χ4v) is 4.68. The average molecular weight is 356 g/mol. The molecule has 0 amide bonds. The molecule has 1 aromatic rings. The Balaban J connectivity index is 2.18. The van der Waals surface area contributed by atoms with Crippen molar-refractivity contribution in [2.75, 3.05) is 40.5 Å². The van der Waals surface area contributed by atoms with Crippen LogP contribution in [0.25, 0.3) is 0 Å². The van der Waals surface area contributed by atoms with Gasteiger partial charge in [0.2, 0.25) is 10.0 Å². The first kappa shape index (κ1) is 19.2. The molecule has 2 N–H and O–H groups in total. The van der Waals surface area contributed by atoms with Crippen molar-refractivity contribution in [1.29, 1.82) is 0 Å². The molecule has 1 fully saturated rings. The predicted octanol–water partition coefficient (Wildman–Crippen LogP) is 1.61. The van der Waals surface area contributed by atoms with Gasteiger partial charge in [0.1, 0.15) is 5.75 Å². The van der Waals surface area contributed by atoms with Crippen LogP contribution in [-0.2, 0) is 14.8 Å². The molecule has 1 aliphatic rings. The number of piperidine rings is 1. The molecule has 0 unspecified atom stereocenters. The average Bonchev–Trinajstić information content (AvgIpc) is 2.54. The number of methoxy groups -OCH3 is 2. The molecule has 1 aliphatic heterocycles. The molecular weight excluding hydrogens is 328 g/mol. The van der Waals surface area contributed by atoms with E-state index in [4.69, 9.17) is 9.47 Å². The second-order valence-corrected chi connectivity index (χ2v) is 8.36. The smallest absolute Gasteiger partial charge is 0.240 e. The van der Waals surface area contributed by atoms with Crippen LogP contribution < -0.4 is 14.8 Å². The second kappa shape index (κ2) is 7.82. The number of sulfonamides is 1. The van der Waals surface area contributed by atoms with Crippen LogP contribution in [0.15, 0.2) is 17.0 Å². The van der Waals surface area contributed by atoms with Crippen molar-refractivity contribution in [3.63, 3.8) is 0 Å². The van der Waals surface area contributed by atoms with Crippen LogP contribution in [0.4, 0.5) is 0 Å². The summed E-state index contributed by atoms with van der Waals surface area (Å²) >= 11 is 0. The van der Waals surface area contributed by atoms with Crippen LogP contribution in [0, 0.1) is 19.3 Å². The van der Waals surface area contributed by atoms with E-state index in [0.29, 0.717) is 13.2 Å². The zero-order valence-electron chi connectivity index (χ0n) is 14.9. The van der Waals surface area contributed by atoms with Crippen LogP contribution in [0.5, 0.6) is 5.75 Å². The molecule has 0 radical (unpaired) electrons. The van der Waals surface area contributed by atoms with Crippen molar-refractivity contribution in [2.45, 2.75) is 31.6 Å². The predicted molar refractivity (Wildman–Crippen MR) is 94.1 cm³/mol. The molecule has 136 valence electrons. The van der Waals surface area contributed by atoms with Crippen LogP contribution in [0.1, 0.15) is 24.0 Å². The first-order valence-electron chi connectivity index (χ1n) is 8.18. The van der Waals surface area contributed by atoms with Gasteiger partial charge >= 0.3 is 0 Å². The minimum absolute atomic E-state index is 0.149. The van der Waals surface area contributed by atoms with Gasteiger partial charge in [0, 0.05) is 19.1 Å². The molecule has 7 heteroatoms. The van der Waals surface area contributed by atoms with E-state index in [1.165, 1.54) is 0 Å². The summed E-state index contributed by atoms with van der Waals surface area (Å²) in [5, 5.41) is 3.31. The number of benzene rings is 1. The molecule has 0 bridgehead atoms. The molecule has 1 heterocycles. The molecule has 0 atom stereocenters. The standard InChI is InChI=1S/C17H28N2O4S/c1-13-9-15(10-14(2)16(13)23-4)24(20,21)19-11-17(12-22-3)5-7-18-8-6-17/h9-10,18-19H,5-8,11-12H2,1-4H3. The Kier molecular flexibility index (Phi) is 6.25. The fourth-order valence-electron chi connectivity index (χ4n) is 3.35. The van der Waals surface area contributed by atoms with E-state index in [1.54, 1.807) is 26.4 Å². The minimum Gasteiger partial charge on any atom is -0.496 e. The van der Waals surface area contributed by atoms with Gasteiger partial charge in [-0.2, -0.15) is 0 Å². The quantitative estimate of drug-likeness (QED) is 0.776. The van der Waals surface area contributed by atoms with Crippen LogP contribution in [-0.4, -0.2) is 48.9 Å². The lowest BCUT2D eigenvalue weighted by molar-refractivity contribution is 0.0577. The van der Waals surface area contributed by atoms with Gasteiger partial charge in [0.15, 0.2) is 0 Å². The Hall–Kier alpha value is -1.15. The van der Waals surface area contributed by atoms with Crippen molar-refractivity contribution in [3.8, 4) is 5.75 Å². The maximum absolute atomic E-state index is 12.7. The normalized spacial score (nSPS) is 17.7. The van der Waals surface area contributed by atoms with E-state index in [2.05, 4.69) is 10.0 Å². The summed E-state index contributed by atoms with van der Waals surface area (Å²) in [6, 6.07) is 3.30. The summed E-state index contributed by atoms with van der Waals surface area (Å²) in [4.78, 5) is 0.278. The number of hydrogen-bond acceptors (Lipinski definition) is 5. The first-order chi connectivity index (χ1) is 11.3. The maximum Gasteiger partial charge on any atom is 0.240 e. The molecule has 0 spiro atoms. The van der Waals surface area contributed by atoms with Crippen LogP contribution in [0.2, 0.25) is 0 Å².